The van der Waals surface area contributed by atoms with Crippen molar-refractivity contribution >= 4 is 52.2 Å². The third-order valence-electron chi connectivity index (χ3n) is 5.09. The number of benzene rings is 2. The van der Waals surface area contributed by atoms with Gasteiger partial charge in [0, 0.05) is 11.3 Å². The van der Waals surface area contributed by atoms with E-state index in [4.69, 9.17) is 32.4 Å². The van der Waals surface area contributed by atoms with Gasteiger partial charge >= 0.3 is 12.0 Å². The summed E-state index contributed by atoms with van der Waals surface area (Å²) in [6.45, 7) is 5.84. The van der Waals surface area contributed by atoms with E-state index in [2.05, 4.69) is 5.32 Å². The van der Waals surface area contributed by atoms with Gasteiger partial charge in [0.25, 0.3) is 0 Å². The van der Waals surface area contributed by atoms with E-state index in [9.17, 15) is 9.59 Å². The first-order valence-corrected chi connectivity index (χ1v) is 10.6. The molecule has 1 aliphatic rings. The van der Waals surface area contributed by atoms with E-state index in [0.29, 0.717) is 27.2 Å². The summed E-state index contributed by atoms with van der Waals surface area (Å²) in [5.41, 5.74) is 2.34. The lowest BCUT2D eigenvalue weighted by atomic mass is 9.89. The largest absolute Gasteiger partial charge is 0.457 e. The molecule has 0 aliphatic carbocycles. The zero-order valence-electron chi connectivity index (χ0n) is 17.6. The average molecular weight is 471 g/mol. The monoisotopic (exact) mass is 470 g/mol. The van der Waals surface area contributed by atoms with Crippen LogP contribution in [0.15, 0.2) is 65.3 Å². The number of ether oxygens (including phenoxy) is 1. The van der Waals surface area contributed by atoms with Gasteiger partial charge in [0.15, 0.2) is 0 Å². The molecule has 1 N–H and O–H groups in total. The number of carbonyl (C=O) groups is 2. The molecule has 2 heterocycles. The molecule has 164 valence electrons. The fourth-order valence-corrected chi connectivity index (χ4v) is 4.05. The topological polar surface area (TPSA) is 71.8 Å². The number of carbonyl (C=O) groups excluding carboxylic acids is 2. The van der Waals surface area contributed by atoms with Crippen LogP contribution in [0.2, 0.25) is 10.0 Å². The van der Waals surface area contributed by atoms with Crippen molar-refractivity contribution in [3.63, 3.8) is 0 Å². The highest BCUT2D eigenvalue weighted by Gasteiger charge is 2.36. The summed E-state index contributed by atoms with van der Waals surface area (Å²) in [6, 6.07) is 12.8. The number of fused-ring (bicyclic) bond motifs is 1. The molecular weight excluding hydrogens is 451 g/mol. The first kappa shape index (κ1) is 22.0. The van der Waals surface area contributed by atoms with Gasteiger partial charge in [-0.3, -0.25) is 4.90 Å². The molecule has 6 nitrogen and oxygen atoms in total. The van der Waals surface area contributed by atoms with Crippen LogP contribution in [-0.4, -0.2) is 17.5 Å². The number of amides is 2. The normalized spacial score (nSPS) is 14.4. The molecule has 0 atom stereocenters. The van der Waals surface area contributed by atoms with Gasteiger partial charge in [0.05, 0.1) is 27.5 Å². The fraction of sp³-hybridized carbons (Fsp3) is 0.167. The number of hydrogen-bond acceptors (Lipinski definition) is 4. The van der Waals surface area contributed by atoms with E-state index < -0.39 is 11.5 Å². The van der Waals surface area contributed by atoms with Crippen LogP contribution < -0.4 is 15.0 Å². The van der Waals surface area contributed by atoms with E-state index in [1.54, 1.807) is 47.4 Å². The second-order valence-electron chi connectivity index (χ2n) is 7.92. The van der Waals surface area contributed by atoms with Crippen molar-refractivity contribution in [2.45, 2.75) is 26.3 Å². The third kappa shape index (κ3) is 4.24. The van der Waals surface area contributed by atoms with Crippen LogP contribution in [0.3, 0.4) is 0 Å². The van der Waals surface area contributed by atoms with Crippen LogP contribution in [0.5, 0.6) is 5.75 Å². The summed E-state index contributed by atoms with van der Waals surface area (Å²) in [5, 5.41) is 3.63. The number of esters is 1. The molecule has 0 fully saturated rings. The molecule has 0 saturated heterocycles. The van der Waals surface area contributed by atoms with Crippen molar-refractivity contribution < 1.29 is 18.7 Å². The minimum absolute atomic E-state index is 0.110. The van der Waals surface area contributed by atoms with Crippen LogP contribution in [0, 0.1) is 0 Å². The van der Waals surface area contributed by atoms with Crippen LogP contribution in [0.1, 0.15) is 36.9 Å². The minimum atomic E-state index is -0.607. The quantitative estimate of drug-likeness (QED) is 0.329. The molecule has 1 aromatic heterocycles. The SMILES string of the molecule is CC1=CC(C)(C)N(C(=O)Nc2ccc(Cl)c(Cl)c2)c2ccc(OC(=O)c3ccco3)cc21. The summed E-state index contributed by atoms with van der Waals surface area (Å²) in [6.07, 6.45) is 3.39. The second-order valence-corrected chi connectivity index (χ2v) is 8.74. The Hall–Kier alpha value is -3.22. The Bertz CT molecular complexity index is 1230. The van der Waals surface area contributed by atoms with Gasteiger partial charge in [0.1, 0.15) is 5.75 Å². The van der Waals surface area contributed by atoms with E-state index in [1.165, 1.54) is 12.3 Å². The zero-order valence-corrected chi connectivity index (χ0v) is 19.1. The minimum Gasteiger partial charge on any atom is -0.457 e. The molecule has 0 unspecified atom stereocenters. The number of urea groups is 1. The predicted molar refractivity (Wildman–Crippen MR) is 126 cm³/mol. The van der Waals surface area contributed by atoms with Crippen molar-refractivity contribution in [2.24, 2.45) is 0 Å². The van der Waals surface area contributed by atoms with Crippen LogP contribution in [0.4, 0.5) is 16.2 Å². The maximum Gasteiger partial charge on any atom is 0.379 e. The number of halogens is 2. The number of nitrogens with one attached hydrogen (secondary N) is 1. The highest BCUT2D eigenvalue weighted by atomic mass is 35.5. The molecule has 2 amide bonds. The number of rotatable bonds is 3. The van der Waals surface area contributed by atoms with Gasteiger partial charge in [0.2, 0.25) is 5.76 Å². The summed E-state index contributed by atoms with van der Waals surface area (Å²) in [7, 11) is 0. The number of anilines is 2. The number of allylic oxidation sites excluding steroid dienone is 1. The summed E-state index contributed by atoms with van der Waals surface area (Å²) >= 11 is 12.1. The fourth-order valence-electron chi connectivity index (χ4n) is 3.75. The van der Waals surface area contributed by atoms with Crippen molar-refractivity contribution in [1.29, 1.82) is 0 Å². The summed E-state index contributed by atoms with van der Waals surface area (Å²) in [5.74, 6) is -0.136. The Morgan fingerprint density at radius 2 is 1.84 bits per heavy atom. The predicted octanol–water partition coefficient (Wildman–Crippen LogP) is 7.04. The highest BCUT2D eigenvalue weighted by molar-refractivity contribution is 6.42. The van der Waals surface area contributed by atoms with E-state index >= 15 is 0 Å². The molecule has 3 aromatic rings. The van der Waals surface area contributed by atoms with Crippen molar-refractivity contribution in [1.82, 2.24) is 0 Å². The van der Waals surface area contributed by atoms with Gasteiger partial charge < -0.3 is 14.5 Å². The van der Waals surface area contributed by atoms with E-state index in [0.717, 1.165) is 11.1 Å². The second kappa shape index (κ2) is 8.37. The molecule has 1 aliphatic heterocycles. The third-order valence-corrected chi connectivity index (χ3v) is 5.83. The summed E-state index contributed by atoms with van der Waals surface area (Å²) < 4.78 is 10.5. The van der Waals surface area contributed by atoms with Gasteiger partial charge in [-0.1, -0.05) is 29.3 Å². The molecule has 4 rings (SSSR count). The van der Waals surface area contributed by atoms with Crippen LogP contribution in [0.25, 0.3) is 5.57 Å². The molecule has 2 aromatic carbocycles. The van der Waals surface area contributed by atoms with Crippen LogP contribution >= 0.6 is 23.2 Å². The molecular formula is C24H20Cl2N2O4. The maximum absolute atomic E-state index is 13.3. The first-order chi connectivity index (χ1) is 15.2. The molecule has 0 spiro atoms. The Kier molecular flexibility index (Phi) is 5.75. The van der Waals surface area contributed by atoms with E-state index in [1.807, 2.05) is 26.8 Å². The van der Waals surface area contributed by atoms with Crippen molar-refractivity contribution in [3.05, 3.63) is 82.2 Å². The molecule has 32 heavy (non-hydrogen) atoms. The zero-order chi connectivity index (χ0) is 23.0. The van der Waals surface area contributed by atoms with E-state index in [-0.39, 0.29) is 11.8 Å². The molecule has 8 heteroatoms. The number of hydrogen-bond donors (Lipinski definition) is 1. The lowest BCUT2D eigenvalue weighted by Crippen LogP contribution is -2.50. The summed E-state index contributed by atoms with van der Waals surface area (Å²) in [4.78, 5) is 27.2. The average Bonchev–Trinajstić information content (AvgIpc) is 3.25. The Morgan fingerprint density at radius 1 is 1.06 bits per heavy atom. The lowest BCUT2D eigenvalue weighted by Gasteiger charge is -2.41. The van der Waals surface area contributed by atoms with Crippen molar-refractivity contribution in [3.8, 4) is 5.75 Å². The number of furan rings is 1. The van der Waals surface area contributed by atoms with Crippen LogP contribution in [-0.2, 0) is 0 Å². The smallest absolute Gasteiger partial charge is 0.379 e. The Morgan fingerprint density at radius 3 is 2.53 bits per heavy atom. The molecule has 0 bridgehead atoms. The van der Waals surface area contributed by atoms with Gasteiger partial charge in [-0.25, -0.2) is 9.59 Å². The van der Waals surface area contributed by atoms with Crippen molar-refractivity contribution in [2.75, 3.05) is 10.2 Å². The van der Waals surface area contributed by atoms with Gasteiger partial charge in [-0.05, 0) is 74.9 Å². The Labute approximate surface area is 195 Å². The Balaban J connectivity index is 1.65. The first-order valence-electron chi connectivity index (χ1n) is 9.81. The standard InChI is InChI=1S/C24H20Cl2N2O4/c1-14-13-24(2,3)28(23(30)27-15-6-8-18(25)19(26)11-15)20-9-7-16(12-17(14)20)32-22(29)21-5-4-10-31-21/h4-13H,1-3H3,(H,27,30). The molecule has 0 saturated carbocycles. The maximum atomic E-state index is 13.3. The van der Waals surface area contributed by atoms with Gasteiger partial charge in [-0.15, -0.1) is 0 Å². The molecule has 0 radical (unpaired) electrons. The van der Waals surface area contributed by atoms with Gasteiger partial charge in [-0.2, -0.15) is 0 Å². The number of nitrogens with zero attached hydrogens (tertiary/aromatic N) is 1. The highest BCUT2D eigenvalue weighted by Crippen LogP contribution is 2.41. The lowest BCUT2D eigenvalue weighted by molar-refractivity contribution is 0.0701.